The molecule has 5 aliphatic heterocycles. The van der Waals surface area contributed by atoms with E-state index in [9.17, 15) is 9.59 Å². The van der Waals surface area contributed by atoms with Gasteiger partial charge >= 0.3 is 0 Å². The molecule has 55 heavy (non-hydrogen) atoms. The number of allylic oxidation sites excluding steroid dienone is 1. The quantitative estimate of drug-likeness (QED) is 0.0777. The Morgan fingerprint density at radius 2 is 1.56 bits per heavy atom. The largest absolute Gasteiger partial charge is 0.340 e. The number of carbonyl (C=O) groups is 2. The summed E-state index contributed by atoms with van der Waals surface area (Å²) < 4.78 is 0. The van der Waals surface area contributed by atoms with Crippen molar-refractivity contribution in [3.05, 3.63) is 107 Å². The summed E-state index contributed by atoms with van der Waals surface area (Å²) in [6.07, 6.45) is 13.3. The third-order valence-electron chi connectivity index (χ3n) is 11.6. The molecule has 2 N–H and O–H groups in total. The van der Waals surface area contributed by atoms with Crippen molar-refractivity contribution in [2.45, 2.75) is 81.5 Å². The summed E-state index contributed by atoms with van der Waals surface area (Å²) in [4.78, 5) is 56.8. The molecule has 1 aromatic heterocycles. The van der Waals surface area contributed by atoms with Crippen LogP contribution in [0.15, 0.2) is 84.1 Å². The van der Waals surface area contributed by atoms with E-state index < -0.39 is 6.04 Å². The lowest BCUT2D eigenvalue weighted by Crippen LogP contribution is -2.46. The van der Waals surface area contributed by atoms with Gasteiger partial charge in [0.2, 0.25) is 11.8 Å². The van der Waals surface area contributed by atoms with Crippen molar-refractivity contribution >= 4 is 56.4 Å². The van der Waals surface area contributed by atoms with Gasteiger partial charge in [0.25, 0.3) is 0 Å². The van der Waals surface area contributed by atoms with Crippen LogP contribution in [0, 0.1) is 11.8 Å². The first kappa shape index (κ1) is 38.0. The molecular weight excluding hydrogens is 729 g/mol. The number of fused-ring (bicyclic) bond motifs is 1. The maximum Gasteiger partial charge on any atom is 0.244 e. The van der Waals surface area contributed by atoms with Gasteiger partial charge in [-0.1, -0.05) is 87.5 Å². The van der Waals surface area contributed by atoms with Crippen LogP contribution in [0.5, 0.6) is 0 Å². The highest BCUT2D eigenvalue weighted by Crippen LogP contribution is 2.53. The number of carbonyl (C=O) groups excluding carboxylic acids is 2. The Morgan fingerprint density at radius 1 is 0.891 bits per heavy atom. The molecule has 288 valence electrons. The molecule has 5 aliphatic rings. The number of nitrogens with one attached hydrogen (secondary N) is 2. The maximum atomic E-state index is 14.0. The summed E-state index contributed by atoms with van der Waals surface area (Å²) >= 11 is 3.81. The standard InChI is InChI=1S/C43H50N6O4S2/c1-26(2)27(3)42(50)49-19-9-13-35(49)41-45-24-33(47-41)37-22-39-38(55-37)21-36(54-39)29-16-14-28(15-17-29)31-20-32(44-23-31)34-12-8-18-48(34)43(51)40(46-25-53-52-4)30-10-6-5-7-11-30/h5-7,10-11,14-17,21-24,26-27,34-35,38-40,46H,8-9,12-13,18-20,25H2,1-4H3,(H,45,47)/t27-,34?,35-,38?,39?,40+/m0/s1. The molecule has 2 fully saturated rings. The highest BCUT2D eigenvalue weighted by Gasteiger charge is 2.39. The van der Waals surface area contributed by atoms with E-state index in [1.165, 1.54) is 28.1 Å². The zero-order chi connectivity index (χ0) is 38.1. The van der Waals surface area contributed by atoms with Gasteiger partial charge in [0.15, 0.2) is 0 Å². The highest BCUT2D eigenvalue weighted by molar-refractivity contribution is 8.14. The van der Waals surface area contributed by atoms with Crippen LogP contribution < -0.4 is 5.32 Å². The number of benzene rings is 2. The lowest BCUT2D eigenvalue weighted by atomic mass is 9.96. The van der Waals surface area contributed by atoms with Gasteiger partial charge in [-0.3, -0.25) is 19.9 Å². The molecule has 2 amide bonds. The number of imidazole rings is 1. The average molecular weight is 779 g/mol. The summed E-state index contributed by atoms with van der Waals surface area (Å²) in [6.45, 7) is 7.88. The van der Waals surface area contributed by atoms with E-state index in [1.54, 1.807) is 0 Å². The van der Waals surface area contributed by atoms with Crippen molar-refractivity contribution in [1.82, 2.24) is 25.1 Å². The fourth-order valence-electron chi connectivity index (χ4n) is 8.26. The predicted octanol–water partition coefficient (Wildman–Crippen LogP) is 8.02. The van der Waals surface area contributed by atoms with Gasteiger partial charge in [0, 0.05) is 57.7 Å². The van der Waals surface area contributed by atoms with Crippen LogP contribution in [0.1, 0.15) is 93.2 Å². The first-order valence-corrected chi connectivity index (χ1v) is 21.3. The summed E-state index contributed by atoms with van der Waals surface area (Å²) in [6, 6.07) is 18.1. The highest BCUT2D eigenvalue weighted by atomic mass is 32.2. The van der Waals surface area contributed by atoms with E-state index in [4.69, 9.17) is 19.8 Å². The number of hydrogen-bond acceptors (Lipinski definition) is 9. The van der Waals surface area contributed by atoms with Crippen molar-refractivity contribution in [2.24, 2.45) is 16.8 Å². The number of hydrogen-bond donors (Lipinski definition) is 2. The number of nitrogens with zero attached hydrogens (tertiary/aromatic N) is 4. The van der Waals surface area contributed by atoms with Gasteiger partial charge in [-0.05, 0) is 53.9 Å². The Labute approximate surface area is 332 Å². The molecule has 0 aliphatic carbocycles. The van der Waals surface area contributed by atoms with Gasteiger partial charge in [0.05, 0.1) is 31.1 Å². The van der Waals surface area contributed by atoms with E-state index in [1.807, 2.05) is 83.0 Å². The third-order valence-corrected chi connectivity index (χ3v) is 14.5. The second-order valence-electron chi connectivity index (χ2n) is 15.3. The summed E-state index contributed by atoms with van der Waals surface area (Å²) in [5.41, 5.74) is 6.56. The minimum Gasteiger partial charge on any atom is -0.340 e. The van der Waals surface area contributed by atoms with Crippen molar-refractivity contribution in [1.29, 1.82) is 0 Å². The molecule has 0 radical (unpaired) electrons. The fourth-order valence-corrected chi connectivity index (χ4v) is 11.1. The molecule has 10 nitrogen and oxygen atoms in total. The van der Waals surface area contributed by atoms with E-state index in [0.29, 0.717) is 23.0 Å². The lowest BCUT2D eigenvalue weighted by Gasteiger charge is -2.30. The Balaban J connectivity index is 0.866. The van der Waals surface area contributed by atoms with Crippen LogP contribution in [-0.4, -0.2) is 80.8 Å². The SMILES string of the molecule is COOCN[C@@H](C(=O)N1CCCC1C1=NC=C(c2ccc(C3=CC4SC(c5cnc([C@@H]6CCCN6C(=O)[C@@H](C)C(C)C)[nH]5)=CC4S3)cc2)C1)c1ccccc1. The zero-order valence-corrected chi connectivity index (χ0v) is 33.6. The molecule has 0 spiro atoms. The molecule has 2 aromatic carbocycles. The third kappa shape index (κ3) is 7.89. The normalized spacial score (nSPS) is 24.5. The summed E-state index contributed by atoms with van der Waals surface area (Å²) in [7, 11) is 1.46. The molecule has 6 atom stereocenters. The van der Waals surface area contributed by atoms with Crippen molar-refractivity contribution < 1.29 is 19.4 Å². The molecule has 3 unspecified atom stereocenters. The number of aliphatic imine (C=N–C) groups is 1. The number of likely N-dealkylation sites (tertiary alicyclic amines) is 2. The number of aromatic amines is 1. The Bertz CT molecular complexity index is 2010. The van der Waals surface area contributed by atoms with Gasteiger partial charge in [0.1, 0.15) is 18.6 Å². The first-order chi connectivity index (χ1) is 26.8. The van der Waals surface area contributed by atoms with Crippen LogP contribution in [-0.2, 0) is 19.4 Å². The smallest absolute Gasteiger partial charge is 0.244 e. The molecule has 12 heteroatoms. The van der Waals surface area contributed by atoms with Gasteiger partial charge in [-0.15, -0.1) is 23.5 Å². The molecule has 6 heterocycles. The Kier molecular flexibility index (Phi) is 11.5. The summed E-state index contributed by atoms with van der Waals surface area (Å²) in [5, 5.41) is 3.95. The monoisotopic (exact) mass is 778 g/mol. The molecule has 0 bridgehead atoms. The number of aromatic nitrogens is 2. The number of thioether (sulfide) groups is 2. The van der Waals surface area contributed by atoms with E-state index >= 15 is 0 Å². The first-order valence-electron chi connectivity index (χ1n) is 19.5. The molecule has 3 aromatic rings. The van der Waals surface area contributed by atoms with Crippen LogP contribution in [0.4, 0.5) is 0 Å². The minimum absolute atomic E-state index is 0.00955. The van der Waals surface area contributed by atoms with Crippen molar-refractivity contribution in [3.8, 4) is 0 Å². The number of H-pyrrole nitrogens is 1. The van der Waals surface area contributed by atoms with Crippen LogP contribution in [0.25, 0.3) is 15.4 Å². The van der Waals surface area contributed by atoms with E-state index in [0.717, 1.165) is 67.0 Å². The predicted molar refractivity (Wildman–Crippen MR) is 221 cm³/mol. The second kappa shape index (κ2) is 16.7. The van der Waals surface area contributed by atoms with Gasteiger partial charge < -0.3 is 14.8 Å². The van der Waals surface area contributed by atoms with Crippen LogP contribution in [0.2, 0.25) is 0 Å². The number of rotatable bonds is 13. The van der Waals surface area contributed by atoms with Crippen molar-refractivity contribution in [2.75, 3.05) is 26.9 Å². The van der Waals surface area contributed by atoms with Gasteiger partial charge in [-0.2, -0.15) is 0 Å². The average Bonchev–Trinajstić information content (AvgIpc) is 4.05. The topological polar surface area (TPSA) is 112 Å². The van der Waals surface area contributed by atoms with Crippen LogP contribution >= 0.6 is 23.5 Å². The summed E-state index contributed by atoms with van der Waals surface area (Å²) in [5.74, 6) is 1.49. The van der Waals surface area contributed by atoms with Gasteiger partial charge in [-0.25, -0.2) is 14.8 Å². The van der Waals surface area contributed by atoms with Crippen LogP contribution in [0.3, 0.4) is 0 Å². The molecule has 0 saturated carbocycles. The Morgan fingerprint density at radius 3 is 2.29 bits per heavy atom. The maximum absolute atomic E-state index is 14.0. The lowest BCUT2D eigenvalue weighted by molar-refractivity contribution is -0.278. The van der Waals surface area contributed by atoms with Crippen molar-refractivity contribution in [3.63, 3.8) is 0 Å². The van der Waals surface area contributed by atoms with E-state index in [2.05, 4.69) is 60.6 Å². The molecule has 2 saturated heterocycles. The molecule has 8 rings (SSSR count). The fraction of sp³-hybridized carbons (Fsp3) is 0.442. The zero-order valence-electron chi connectivity index (χ0n) is 31.9. The number of amides is 2. The van der Waals surface area contributed by atoms with E-state index in [-0.39, 0.29) is 36.5 Å². The second-order valence-corrected chi connectivity index (χ2v) is 17.8. The molecular formula is C43H50N6O4S2. The minimum atomic E-state index is -0.537. The Hall–Kier alpha value is -3.94.